The number of rotatable bonds is 2. The fraction of sp³-hybridized carbons (Fsp3) is 0.652. The molecule has 0 N–H and O–H groups in total. The zero-order valence-corrected chi connectivity index (χ0v) is 15.1. The third-order valence-electron chi connectivity index (χ3n) is 8.68. The Balaban J connectivity index is 1.70. The minimum Gasteiger partial charge on any atom is -0.488 e. The Labute approximate surface area is 145 Å². The van der Waals surface area contributed by atoms with E-state index < -0.39 is 0 Å². The molecule has 3 fully saturated rings. The second-order valence-electron chi connectivity index (χ2n) is 9.40. The standard InChI is InChI=1S/C23H28O/c1-4-5-16-15-12-22(16)10-11-23-17(15)8-7-14(3)21(23)24-20-13(2)6-9-18(22)19(20)23/h6-9,14-17,21H,4-5,10-12H2,1-3H3. The topological polar surface area (TPSA) is 9.23 Å². The Morgan fingerprint density at radius 2 is 2.08 bits per heavy atom. The van der Waals surface area contributed by atoms with E-state index in [1.165, 1.54) is 43.4 Å². The summed E-state index contributed by atoms with van der Waals surface area (Å²) in [5.74, 6) is 4.33. The summed E-state index contributed by atoms with van der Waals surface area (Å²) in [6, 6.07) is 4.85. The third-order valence-corrected chi connectivity index (χ3v) is 8.68. The molecule has 126 valence electrons. The van der Waals surface area contributed by atoms with E-state index in [0.29, 0.717) is 17.4 Å². The van der Waals surface area contributed by atoms with Crippen molar-refractivity contribution in [3.8, 4) is 5.75 Å². The predicted molar refractivity (Wildman–Crippen MR) is 96.5 cm³/mol. The molecule has 3 bridgehead atoms. The summed E-state index contributed by atoms with van der Waals surface area (Å²) in [6.45, 7) is 7.00. The van der Waals surface area contributed by atoms with Gasteiger partial charge in [-0.2, -0.15) is 0 Å². The van der Waals surface area contributed by atoms with Gasteiger partial charge in [-0.1, -0.05) is 44.6 Å². The second-order valence-corrected chi connectivity index (χ2v) is 9.40. The summed E-state index contributed by atoms with van der Waals surface area (Å²) in [4.78, 5) is 0. The summed E-state index contributed by atoms with van der Waals surface area (Å²) in [7, 11) is 0. The zero-order valence-electron chi connectivity index (χ0n) is 15.1. The number of aryl methyl sites for hydroxylation is 1. The van der Waals surface area contributed by atoms with E-state index in [1.807, 2.05) is 0 Å². The molecule has 0 saturated heterocycles. The lowest BCUT2D eigenvalue weighted by atomic mass is 9.48. The van der Waals surface area contributed by atoms with Gasteiger partial charge in [0, 0.05) is 16.9 Å². The van der Waals surface area contributed by atoms with E-state index in [9.17, 15) is 0 Å². The van der Waals surface area contributed by atoms with E-state index in [-0.39, 0.29) is 5.41 Å². The highest BCUT2D eigenvalue weighted by Gasteiger charge is 2.72. The molecular formula is C23H28O. The van der Waals surface area contributed by atoms with Crippen LogP contribution in [0.25, 0.3) is 0 Å². The average molecular weight is 320 g/mol. The molecule has 3 saturated carbocycles. The van der Waals surface area contributed by atoms with Crippen molar-refractivity contribution >= 4 is 0 Å². The first-order valence-corrected chi connectivity index (χ1v) is 10.1. The SMILES string of the molecule is CCCC1C2CC13CCC14c5c3ccc(C)c5OC1C(C)C=CC24. The molecule has 0 aromatic heterocycles. The van der Waals surface area contributed by atoms with Crippen molar-refractivity contribution < 1.29 is 4.74 Å². The van der Waals surface area contributed by atoms with Crippen LogP contribution in [0.3, 0.4) is 0 Å². The highest BCUT2D eigenvalue weighted by Crippen LogP contribution is 2.76. The van der Waals surface area contributed by atoms with Crippen LogP contribution in [0.4, 0.5) is 0 Å². The molecule has 0 radical (unpaired) electrons. The van der Waals surface area contributed by atoms with Crippen LogP contribution >= 0.6 is 0 Å². The van der Waals surface area contributed by atoms with Crippen LogP contribution in [-0.4, -0.2) is 6.10 Å². The molecular weight excluding hydrogens is 292 g/mol. The third kappa shape index (κ3) is 1.21. The maximum Gasteiger partial charge on any atom is 0.126 e. The van der Waals surface area contributed by atoms with Crippen molar-refractivity contribution in [2.75, 3.05) is 0 Å². The van der Waals surface area contributed by atoms with Gasteiger partial charge < -0.3 is 4.74 Å². The fourth-order valence-corrected chi connectivity index (χ4v) is 7.85. The van der Waals surface area contributed by atoms with Crippen molar-refractivity contribution in [2.45, 2.75) is 69.8 Å². The van der Waals surface area contributed by atoms with Gasteiger partial charge in [-0.05, 0) is 66.9 Å². The molecule has 24 heavy (non-hydrogen) atoms. The van der Waals surface area contributed by atoms with Crippen LogP contribution in [0.15, 0.2) is 24.3 Å². The fourth-order valence-electron chi connectivity index (χ4n) is 7.85. The summed E-state index contributed by atoms with van der Waals surface area (Å²) < 4.78 is 6.73. The van der Waals surface area contributed by atoms with Gasteiger partial charge in [0.2, 0.25) is 0 Å². The van der Waals surface area contributed by atoms with Gasteiger partial charge in [-0.3, -0.25) is 0 Å². The molecule has 1 heterocycles. The van der Waals surface area contributed by atoms with Gasteiger partial charge in [-0.25, -0.2) is 0 Å². The summed E-state index contributed by atoms with van der Waals surface area (Å²) in [5, 5.41) is 0. The highest BCUT2D eigenvalue weighted by molar-refractivity contribution is 5.63. The number of ether oxygens (including phenoxy) is 1. The second kappa shape index (κ2) is 4.11. The predicted octanol–water partition coefficient (Wildman–Crippen LogP) is 5.30. The van der Waals surface area contributed by atoms with Crippen molar-refractivity contribution in [3.05, 3.63) is 41.0 Å². The Hall–Kier alpha value is -1.24. The van der Waals surface area contributed by atoms with E-state index in [1.54, 1.807) is 11.1 Å². The van der Waals surface area contributed by atoms with Crippen molar-refractivity contribution in [1.82, 2.24) is 0 Å². The molecule has 7 atom stereocenters. The number of benzene rings is 1. The molecule has 8 aliphatic rings. The summed E-state index contributed by atoms with van der Waals surface area (Å²) in [5.41, 5.74) is 5.50. The maximum atomic E-state index is 6.73. The lowest BCUT2D eigenvalue weighted by Gasteiger charge is -2.56. The quantitative estimate of drug-likeness (QED) is 0.672. The van der Waals surface area contributed by atoms with Crippen molar-refractivity contribution in [3.63, 3.8) is 0 Å². The lowest BCUT2D eigenvalue weighted by molar-refractivity contribution is -0.00674. The number of hydrogen-bond donors (Lipinski definition) is 0. The van der Waals surface area contributed by atoms with Gasteiger partial charge in [0.1, 0.15) is 11.9 Å². The number of hydrogen-bond acceptors (Lipinski definition) is 1. The van der Waals surface area contributed by atoms with Gasteiger partial charge in [0.25, 0.3) is 0 Å². The van der Waals surface area contributed by atoms with E-state index in [2.05, 4.69) is 45.1 Å². The monoisotopic (exact) mass is 320 g/mol. The molecule has 9 rings (SSSR count). The molecule has 0 amide bonds. The number of allylic oxidation sites excluding steroid dienone is 1. The molecule has 7 unspecified atom stereocenters. The minimum atomic E-state index is 0.290. The van der Waals surface area contributed by atoms with Crippen LogP contribution in [0.1, 0.15) is 62.6 Å². The zero-order chi connectivity index (χ0) is 16.3. The van der Waals surface area contributed by atoms with E-state index in [0.717, 1.165) is 17.8 Å². The van der Waals surface area contributed by atoms with Crippen molar-refractivity contribution in [2.24, 2.45) is 23.7 Å². The molecule has 1 heteroatoms. The largest absolute Gasteiger partial charge is 0.488 e. The molecule has 1 aromatic carbocycles. The van der Waals surface area contributed by atoms with E-state index >= 15 is 0 Å². The first-order chi connectivity index (χ1) is 11.6. The highest BCUT2D eigenvalue weighted by atomic mass is 16.5. The molecule has 1 aliphatic heterocycles. The normalized spacial score (nSPS) is 48.5. The lowest BCUT2D eigenvalue weighted by Crippen LogP contribution is -2.52. The molecule has 1 aromatic rings. The van der Waals surface area contributed by atoms with Gasteiger partial charge in [-0.15, -0.1) is 0 Å². The van der Waals surface area contributed by atoms with Crippen LogP contribution in [0, 0.1) is 30.6 Å². The Morgan fingerprint density at radius 1 is 1.21 bits per heavy atom. The van der Waals surface area contributed by atoms with E-state index in [4.69, 9.17) is 4.74 Å². The molecule has 1 nitrogen and oxygen atoms in total. The average Bonchev–Trinajstić information content (AvgIpc) is 2.69. The Morgan fingerprint density at radius 3 is 2.92 bits per heavy atom. The smallest absolute Gasteiger partial charge is 0.126 e. The Bertz CT molecular complexity index is 776. The van der Waals surface area contributed by atoms with Crippen LogP contribution < -0.4 is 4.74 Å². The van der Waals surface area contributed by atoms with Gasteiger partial charge in [0.05, 0.1) is 0 Å². The Kier molecular flexibility index (Phi) is 2.40. The first kappa shape index (κ1) is 14.0. The summed E-state index contributed by atoms with van der Waals surface area (Å²) in [6.07, 6.45) is 12.4. The van der Waals surface area contributed by atoms with Crippen LogP contribution in [0.2, 0.25) is 0 Å². The maximum absolute atomic E-state index is 6.73. The van der Waals surface area contributed by atoms with Gasteiger partial charge in [0.15, 0.2) is 0 Å². The minimum absolute atomic E-state index is 0.290. The molecule has 2 spiro atoms. The molecule has 7 aliphatic carbocycles. The van der Waals surface area contributed by atoms with Gasteiger partial charge >= 0.3 is 0 Å². The van der Waals surface area contributed by atoms with Crippen LogP contribution in [-0.2, 0) is 10.8 Å². The first-order valence-electron chi connectivity index (χ1n) is 10.1. The van der Waals surface area contributed by atoms with Crippen LogP contribution in [0.5, 0.6) is 5.75 Å². The van der Waals surface area contributed by atoms with Crippen molar-refractivity contribution in [1.29, 1.82) is 0 Å². The summed E-state index contributed by atoms with van der Waals surface area (Å²) >= 11 is 0.